The maximum absolute atomic E-state index is 13.7. The highest BCUT2D eigenvalue weighted by atomic mass is 16.5. The summed E-state index contributed by atoms with van der Waals surface area (Å²) in [6.07, 6.45) is 6.75. The van der Waals surface area contributed by atoms with E-state index in [1.807, 2.05) is 73.2 Å². The highest BCUT2D eigenvalue weighted by molar-refractivity contribution is 6.01. The van der Waals surface area contributed by atoms with Gasteiger partial charge in [-0.1, -0.05) is 30.3 Å². The number of H-pyrrole nitrogens is 1. The number of benzene rings is 2. The van der Waals surface area contributed by atoms with Crippen LogP contribution in [0.15, 0.2) is 73.2 Å². The van der Waals surface area contributed by atoms with E-state index in [1.54, 1.807) is 24.3 Å². The van der Waals surface area contributed by atoms with E-state index in [4.69, 9.17) is 9.47 Å². The Kier molecular flexibility index (Phi) is 9.17. The molecule has 0 bridgehead atoms. The van der Waals surface area contributed by atoms with Gasteiger partial charge < -0.3 is 19.7 Å². The van der Waals surface area contributed by atoms with Crippen molar-refractivity contribution in [2.45, 2.75) is 38.4 Å². The van der Waals surface area contributed by atoms with Gasteiger partial charge >= 0.3 is 0 Å². The van der Waals surface area contributed by atoms with Crippen LogP contribution in [0, 0.1) is 0 Å². The number of carbonyl (C=O) groups excluding carboxylic acids is 2. The largest absolute Gasteiger partial charge is 0.475 e. The fourth-order valence-corrected chi connectivity index (χ4v) is 6.61. The summed E-state index contributed by atoms with van der Waals surface area (Å²) >= 11 is 0. The molecule has 2 amide bonds. The van der Waals surface area contributed by atoms with Crippen molar-refractivity contribution < 1.29 is 19.1 Å². The Morgan fingerprint density at radius 3 is 2.56 bits per heavy atom. The number of pyridine rings is 1. The van der Waals surface area contributed by atoms with Crippen LogP contribution in [0.25, 0.3) is 39.1 Å². The third-order valence-corrected chi connectivity index (χ3v) is 9.34. The monoisotopic (exact) mass is 675 g/mol. The molecule has 0 saturated carbocycles. The van der Waals surface area contributed by atoms with Crippen molar-refractivity contribution in [1.82, 2.24) is 39.7 Å². The second kappa shape index (κ2) is 13.8. The topological polar surface area (TPSA) is 143 Å². The van der Waals surface area contributed by atoms with Crippen molar-refractivity contribution in [3.8, 4) is 28.5 Å². The van der Waals surface area contributed by atoms with E-state index < -0.39 is 5.60 Å². The SMILES string of the molecule is CO[C@@]1(C(=O)Nc2ccc3[nH]nc(-c4ccnc(OC(C)C)c4)c3c2)CCN(CC(=O)N2CC=C(c3ccc(-c4ncn(C)n4)cc3)CC2)C1. The normalized spacial score (nSPS) is 18.1. The third-order valence-electron chi connectivity index (χ3n) is 9.34. The van der Waals surface area contributed by atoms with Gasteiger partial charge in [0, 0.05) is 74.8 Å². The van der Waals surface area contributed by atoms with Crippen LogP contribution in [0.3, 0.4) is 0 Å². The van der Waals surface area contributed by atoms with Crippen molar-refractivity contribution in [2.75, 3.05) is 45.2 Å². The fraction of sp³-hybridized carbons (Fsp3) is 0.351. The summed E-state index contributed by atoms with van der Waals surface area (Å²) in [5, 5.41) is 15.9. The molecule has 1 fully saturated rings. The molecule has 0 spiro atoms. The first-order chi connectivity index (χ1) is 24.2. The average Bonchev–Trinajstić information content (AvgIpc) is 3.87. The van der Waals surface area contributed by atoms with E-state index in [0.717, 1.165) is 39.7 Å². The summed E-state index contributed by atoms with van der Waals surface area (Å²) in [7, 11) is 3.40. The van der Waals surface area contributed by atoms with E-state index in [1.165, 1.54) is 5.57 Å². The first kappa shape index (κ1) is 33.1. The van der Waals surface area contributed by atoms with Crippen LogP contribution in [0.5, 0.6) is 5.88 Å². The standard InChI is InChI=1S/C37H41N9O4/c1-24(2)50-32-19-28(11-15-38-32)34-30-20-29(9-10-31(30)41-42-34)40-36(48)37(49-4)14-18-45(22-37)21-33(47)46-16-12-26(13-17-46)25-5-7-27(8-6-25)35-39-23-44(3)43-35/h5-12,15,19-20,23-24H,13-14,16-18,21-22H2,1-4H3,(H,40,48)(H,41,42)/t37-/m0/s1. The highest BCUT2D eigenvalue weighted by Gasteiger charge is 2.45. The quantitative estimate of drug-likeness (QED) is 0.218. The summed E-state index contributed by atoms with van der Waals surface area (Å²) in [6, 6.07) is 17.6. The lowest BCUT2D eigenvalue weighted by Crippen LogP contribution is -2.48. The number of rotatable bonds is 10. The predicted molar refractivity (Wildman–Crippen MR) is 190 cm³/mol. The van der Waals surface area contributed by atoms with E-state index >= 15 is 0 Å². The second-order valence-electron chi connectivity index (χ2n) is 13.1. The number of likely N-dealkylation sites (tertiary alicyclic amines) is 1. The number of aromatic nitrogens is 6. The van der Waals surface area contributed by atoms with Crippen molar-refractivity contribution in [3.63, 3.8) is 0 Å². The number of nitrogens with zero attached hydrogens (tertiary/aromatic N) is 7. The van der Waals surface area contributed by atoms with Crippen LogP contribution in [-0.4, -0.2) is 103 Å². The zero-order valence-electron chi connectivity index (χ0n) is 28.7. The molecule has 2 aliphatic rings. The maximum atomic E-state index is 13.7. The van der Waals surface area contributed by atoms with Gasteiger partial charge in [-0.3, -0.25) is 24.3 Å². The lowest BCUT2D eigenvalue weighted by Gasteiger charge is -2.30. The highest BCUT2D eigenvalue weighted by Crippen LogP contribution is 2.32. The van der Waals surface area contributed by atoms with Gasteiger partial charge in [0.1, 0.15) is 12.0 Å². The van der Waals surface area contributed by atoms with Crippen LogP contribution < -0.4 is 10.1 Å². The maximum Gasteiger partial charge on any atom is 0.258 e. The number of nitrogens with one attached hydrogen (secondary N) is 2. The van der Waals surface area contributed by atoms with Crippen molar-refractivity contribution >= 4 is 34.0 Å². The zero-order valence-corrected chi connectivity index (χ0v) is 28.7. The van der Waals surface area contributed by atoms with Crippen LogP contribution >= 0.6 is 0 Å². The molecule has 0 aliphatic carbocycles. The first-order valence-electron chi connectivity index (χ1n) is 16.8. The van der Waals surface area contributed by atoms with E-state index in [-0.39, 0.29) is 24.5 Å². The first-order valence-corrected chi connectivity index (χ1v) is 16.8. The van der Waals surface area contributed by atoms with Gasteiger partial charge in [0.25, 0.3) is 5.91 Å². The number of methoxy groups -OCH3 is 1. The molecule has 0 unspecified atom stereocenters. The van der Waals surface area contributed by atoms with E-state index in [9.17, 15) is 9.59 Å². The predicted octanol–water partition coefficient (Wildman–Crippen LogP) is 4.55. The van der Waals surface area contributed by atoms with Crippen molar-refractivity contribution in [1.29, 1.82) is 0 Å². The lowest BCUT2D eigenvalue weighted by molar-refractivity contribution is -0.138. The van der Waals surface area contributed by atoms with E-state index in [2.05, 4.69) is 48.8 Å². The molecule has 3 aromatic heterocycles. The Morgan fingerprint density at radius 1 is 1.02 bits per heavy atom. The Bertz CT molecular complexity index is 2050. The molecule has 1 saturated heterocycles. The summed E-state index contributed by atoms with van der Waals surface area (Å²) < 4.78 is 13.3. The lowest BCUT2D eigenvalue weighted by atomic mass is 9.98. The number of aryl methyl sites for hydroxylation is 1. The third kappa shape index (κ3) is 6.87. The van der Waals surface area contributed by atoms with Crippen LogP contribution in [0.1, 0.15) is 32.3 Å². The van der Waals surface area contributed by atoms with Gasteiger partial charge in [-0.15, -0.1) is 0 Å². The molecule has 2 aliphatic heterocycles. The van der Waals surface area contributed by atoms with Gasteiger partial charge in [0.2, 0.25) is 11.8 Å². The molecule has 13 nitrogen and oxygen atoms in total. The number of hydrogen-bond donors (Lipinski definition) is 2. The Hall–Kier alpha value is -5.40. The average molecular weight is 676 g/mol. The molecule has 1 atom stereocenters. The molecule has 2 N–H and O–H groups in total. The van der Waals surface area contributed by atoms with Gasteiger partial charge in [0.05, 0.1) is 18.2 Å². The molecule has 50 heavy (non-hydrogen) atoms. The summed E-state index contributed by atoms with van der Waals surface area (Å²) in [5.74, 6) is 1.02. The van der Waals surface area contributed by atoms with Crippen molar-refractivity contribution in [3.05, 3.63) is 78.8 Å². The fourth-order valence-electron chi connectivity index (χ4n) is 6.61. The number of hydrogen-bond acceptors (Lipinski definition) is 9. The summed E-state index contributed by atoms with van der Waals surface area (Å²) in [4.78, 5) is 39.6. The molecule has 5 heterocycles. The van der Waals surface area contributed by atoms with Crippen LogP contribution in [0.4, 0.5) is 5.69 Å². The summed E-state index contributed by atoms with van der Waals surface area (Å²) in [5.41, 5.74) is 5.30. The molecule has 13 heteroatoms. The number of carbonyl (C=O) groups is 2. The Morgan fingerprint density at radius 2 is 1.84 bits per heavy atom. The summed E-state index contributed by atoms with van der Waals surface area (Å²) in [6.45, 7) is 6.22. The van der Waals surface area contributed by atoms with Crippen LogP contribution in [-0.2, 0) is 21.4 Å². The number of ether oxygens (including phenoxy) is 2. The van der Waals surface area contributed by atoms with Gasteiger partial charge in [-0.2, -0.15) is 10.2 Å². The molecular weight excluding hydrogens is 634 g/mol. The van der Waals surface area contributed by atoms with Gasteiger partial charge in [-0.05, 0) is 62.1 Å². The molecular formula is C37H41N9O4. The Labute approximate surface area is 290 Å². The minimum atomic E-state index is -1.07. The molecule has 258 valence electrons. The molecule has 7 rings (SSSR count). The smallest absolute Gasteiger partial charge is 0.258 e. The van der Waals surface area contributed by atoms with E-state index in [0.29, 0.717) is 50.0 Å². The molecule has 5 aromatic rings. The van der Waals surface area contributed by atoms with Crippen molar-refractivity contribution in [2.24, 2.45) is 7.05 Å². The zero-order chi connectivity index (χ0) is 34.8. The Balaban J connectivity index is 0.963. The minimum absolute atomic E-state index is 0.00452. The number of anilines is 1. The molecule has 0 radical (unpaired) electrons. The van der Waals surface area contributed by atoms with Gasteiger partial charge in [0.15, 0.2) is 11.4 Å². The minimum Gasteiger partial charge on any atom is -0.475 e. The second-order valence-corrected chi connectivity index (χ2v) is 13.1. The van der Waals surface area contributed by atoms with Gasteiger partial charge in [-0.25, -0.2) is 9.97 Å². The molecule has 2 aromatic carbocycles. The number of amides is 2. The number of fused-ring (bicyclic) bond motifs is 1. The number of aromatic amines is 1. The van der Waals surface area contributed by atoms with Crippen LogP contribution in [0.2, 0.25) is 0 Å².